The van der Waals surface area contributed by atoms with Crippen molar-refractivity contribution in [2.24, 2.45) is 0 Å². The molecule has 0 aliphatic rings. The van der Waals surface area contributed by atoms with Crippen LogP contribution in [0.4, 0.5) is 4.79 Å². The molecule has 0 atom stereocenters. The maximum atomic E-state index is 10.4. The van der Waals surface area contributed by atoms with Gasteiger partial charge in [-0.25, -0.2) is 4.79 Å². The molecular formula is C6H10O5. The van der Waals surface area contributed by atoms with Gasteiger partial charge in [0, 0.05) is 0 Å². The van der Waals surface area contributed by atoms with Gasteiger partial charge in [-0.15, -0.1) is 0 Å². The maximum absolute atomic E-state index is 10.4. The third-order valence-electron chi connectivity index (χ3n) is 0.920. The Morgan fingerprint density at radius 2 is 1.82 bits per heavy atom. The van der Waals surface area contributed by atoms with Gasteiger partial charge in [-0.05, 0) is 0 Å². The zero-order chi connectivity index (χ0) is 8.69. The van der Waals surface area contributed by atoms with Gasteiger partial charge in [0.15, 0.2) is 0 Å². The van der Waals surface area contributed by atoms with E-state index in [0.29, 0.717) is 0 Å². The van der Waals surface area contributed by atoms with Gasteiger partial charge >= 0.3 is 12.1 Å². The summed E-state index contributed by atoms with van der Waals surface area (Å²) >= 11 is 0. The molecule has 0 heterocycles. The number of methoxy groups -OCH3 is 2. The van der Waals surface area contributed by atoms with E-state index < -0.39 is 12.1 Å². The Kier molecular flexibility index (Phi) is 4.89. The smallest absolute Gasteiger partial charge is 0.469 e. The van der Waals surface area contributed by atoms with Crippen LogP contribution in [-0.2, 0) is 19.0 Å². The summed E-state index contributed by atoms with van der Waals surface area (Å²) < 4.78 is 12.8. The topological polar surface area (TPSA) is 61.8 Å². The van der Waals surface area contributed by atoms with E-state index in [1.165, 1.54) is 14.2 Å². The van der Waals surface area contributed by atoms with Crippen LogP contribution in [0.1, 0.15) is 6.42 Å². The Labute approximate surface area is 64.2 Å². The highest BCUT2D eigenvalue weighted by Crippen LogP contribution is 1.88. The lowest BCUT2D eigenvalue weighted by atomic mass is 10.5. The molecule has 0 unspecified atom stereocenters. The first kappa shape index (κ1) is 9.74. The highest BCUT2D eigenvalue weighted by atomic mass is 16.7. The van der Waals surface area contributed by atoms with Crippen molar-refractivity contribution < 1.29 is 23.8 Å². The fourth-order valence-corrected chi connectivity index (χ4v) is 0.379. The predicted octanol–water partition coefficient (Wildman–Crippen LogP) is 0.332. The van der Waals surface area contributed by atoms with Crippen molar-refractivity contribution in [3.63, 3.8) is 0 Å². The van der Waals surface area contributed by atoms with Crippen molar-refractivity contribution in [3.8, 4) is 0 Å². The molecule has 0 aromatic heterocycles. The summed E-state index contributed by atoms with van der Waals surface area (Å²) in [4.78, 5) is 20.7. The number of ether oxygens (including phenoxy) is 3. The second-order valence-corrected chi connectivity index (χ2v) is 1.63. The molecule has 0 rings (SSSR count). The number of esters is 1. The largest absolute Gasteiger partial charge is 0.507 e. The van der Waals surface area contributed by atoms with Crippen molar-refractivity contribution in [2.45, 2.75) is 6.42 Å². The zero-order valence-corrected chi connectivity index (χ0v) is 6.46. The van der Waals surface area contributed by atoms with Crippen molar-refractivity contribution in [1.82, 2.24) is 0 Å². The Morgan fingerprint density at radius 3 is 2.27 bits per heavy atom. The first-order valence-electron chi connectivity index (χ1n) is 2.98. The lowest BCUT2D eigenvalue weighted by Gasteiger charge is -2.00. The molecular weight excluding hydrogens is 152 g/mol. The molecule has 0 amide bonds. The van der Waals surface area contributed by atoms with Crippen LogP contribution >= 0.6 is 0 Å². The van der Waals surface area contributed by atoms with Crippen LogP contribution in [0.15, 0.2) is 0 Å². The molecule has 0 bridgehead atoms. The monoisotopic (exact) mass is 162 g/mol. The Hall–Kier alpha value is -1.26. The maximum Gasteiger partial charge on any atom is 0.507 e. The quantitative estimate of drug-likeness (QED) is 0.559. The molecule has 0 saturated carbocycles. The molecule has 0 radical (unpaired) electrons. The molecule has 11 heavy (non-hydrogen) atoms. The van der Waals surface area contributed by atoms with E-state index >= 15 is 0 Å². The molecule has 0 aromatic rings. The lowest BCUT2D eigenvalue weighted by Crippen LogP contribution is -2.10. The molecule has 5 nitrogen and oxygen atoms in total. The van der Waals surface area contributed by atoms with Gasteiger partial charge in [0.1, 0.15) is 6.61 Å². The molecule has 0 N–H and O–H groups in total. The van der Waals surface area contributed by atoms with Crippen LogP contribution in [0.2, 0.25) is 0 Å². The van der Waals surface area contributed by atoms with Crippen LogP contribution < -0.4 is 0 Å². The van der Waals surface area contributed by atoms with E-state index in [-0.39, 0.29) is 13.0 Å². The van der Waals surface area contributed by atoms with Gasteiger partial charge in [0.2, 0.25) is 0 Å². The molecule has 0 aliphatic carbocycles. The SMILES string of the molecule is COC(=O)CCOC(=O)OC. The Bertz CT molecular complexity index is 126. The van der Waals surface area contributed by atoms with Crippen molar-refractivity contribution in [1.29, 1.82) is 0 Å². The Balaban J connectivity index is 3.27. The summed E-state index contributed by atoms with van der Waals surface area (Å²) in [6, 6.07) is 0. The zero-order valence-electron chi connectivity index (χ0n) is 6.46. The minimum atomic E-state index is -0.797. The van der Waals surface area contributed by atoms with Gasteiger partial charge in [-0.3, -0.25) is 4.79 Å². The van der Waals surface area contributed by atoms with Gasteiger partial charge in [-0.1, -0.05) is 0 Å². The van der Waals surface area contributed by atoms with Crippen molar-refractivity contribution >= 4 is 12.1 Å². The number of hydrogen-bond acceptors (Lipinski definition) is 5. The standard InChI is InChI=1S/C6H10O5/c1-9-5(7)3-4-11-6(8)10-2/h3-4H2,1-2H3. The van der Waals surface area contributed by atoms with Crippen LogP contribution in [0.25, 0.3) is 0 Å². The van der Waals surface area contributed by atoms with Crippen LogP contribution in [-0.4, -0.2) is 33.0 Å². The molecule has 0 aliphatic heterocycles. The predicted molar refractivity (Wildman–Crippen MR) is 35.0 cm³/mol. The number of carbonyl (C=O) groups is 2. The second kappa shape index (κ2) is 5.52. The van der Waals surface area contributed by atoms with E-state index in [1.54, 1.807) is 0 Å². The summed E-state index contributed by atoms with van der Waals surface area (Å²) in [5.74, 6) is -0.422. The van der Waals surface area contributed by atoms with Crippen LogP contribution in [0.3, 0.4) is 0 Å². The number of rotatable bonds is 3. The van der Waals surface area contributed by atoms with Crippen LogP contribution in [0.5, 0.6) is 0 Å². The van der Waals surface area contributed by atoms with Gasteiger partial charge < -0.3 is 14.2 Å². The Morgan fingerprint density at radius 1 is 1.18 bits per heavy atom. The van der Waals surface area contributed by atoms with Gasteiger partial charge in [-0.2, -0.15) is 0 Å². The summed E-state index contributed by atoms with van der Waals surface area (Å²) in [5.41, 5.74) is 0. The van der Waals surface area contributed by atoms with E-state index in [4.69, 9.17) is 0 Å². The summed E-state index contributed by atoms with van der Waals surface area (Å²) in [6.07, 6.45) is -0.750. The van der Waals surface area contributed by atoms with Crippen LogP contribution in [0, 0.1) is 0 Å². The van der Waals surface area contributed by atoms with Crippen molar-refractivity contribution in [3.05, 3.63) is 0 Å². The normalized spacial score (nSPS) is 8.55. The third kappa shape index (κ3) is 5.20. The number of carbonyl (C=O) groups excluding carboxylic acids is 2. The summed E-state index contributed by atoms with van der Waals surface area (Å²) in [6.45, 7) is -0.0145. The first-order chi connectivity index (χ1) is 5.20. The molecule has 0 aromatic carbocycles. The minimum Gasteiger partial charge on any atom is -0.469 e. The molecule has 0 fully saturated rings. The molecule has 64 valence electrons. The fraction of sp³-hybridized carbons (Fsp3) is 0.667. The average molecular weight is 162 g/mol. The fourth-order valence-electron chi connectivity index (χ4n) is 0.379. The van der Waals surface area contributed by atoms with E-state index in [2.05, 4.69) is 14.2 Å². The van der Waals surface area contributed by atoms with Gasteiger partial charge in [0.05, 0.1) is 20.6 Å². The highest BCUT2D eigenvalue weighted by molar-refractivity contribution is 5.69. The molecule has 0 spiro atoms. The van der Waals surface area contributed by atoms with E-state index in [0.717, 1.165) is 0 Å². The third-order valence-corrected chi connectivity index (χ3v) is 0.920. The van der Waals surface area contributed by atoms with Gasteiger partial charge in [0.25, 0.3) is 0 Å². The molecule has 0 saturated heterocycles. The first-order valence-corrected chi connectivity index (χ1v) is 2.98. The minimum absolute atomic E-state index is 0.0145. The van der Waals surface area contributed by atoms with E-state index in [1.807, 2.05) is 0 Å². The lowest BCUT2D eigenvalue weighted by molar-refractivity contribution is -0.141. The highest BCUT2D eigenvalue weighted by Gasteiger charge is 2.03. The van der Waals surface area contributed by atoms with Crippen molar-refractivity contribution in [2.75, 3.05) is 20.8 Å². The summed E-state index contributed by atoms with van der Waals surface area (Å²) in [5, 5.41) is 0. The summed E-state index contributed by atoms with van der Waals surface area (Å²) in [7, 11) is 2.46. The van der Waals surface area contributed by atoms with E-state index in [9.17, 15) is 9.59 Å². The molecule has 5 heteroatoms. The number of hydrogen-bond donors (Lipinski definition) is 0. The second-order valence-electron chi connectivity index (χ2n) is 1.63. The average Bonchev–Trinajstić information content (AvgIpc) is 2.04.